The average Bonchev–Trinajstić information content (AvgIpc) is 3.74. The average molecular weight is 770 g/mol. The van der Waals surface area contributed by atoms with Crippen molar-refractivity contribution in [1.29, 1.82) is 0 Å². The molecule has 0 atom stereocenters. The van der Waals surface area contributed by atoms with Crippen LogP contribution in [0.25, 0.3) is 23.3 Å². The van der Waals surface area contributed by atoms with Gasteiger partial charge in [0, 0.05) is 12.8 Å². The van der Waals surface area contributed by atoms with Crippen LogP contribution < -0.4 is 0 Å². The number of hydrogen-bond acceptors (Lipinski definition) is 1. The molecule has 0 heterocycles. The van der Waals surface area contributed by atoms with Crippen LogP contribution in [0.4, 0.5) is 0 Å². The monoisotopic (exact) mass is 769 g/mol. The predicted molar refractivity (Wildman–Crippen MR) is 260 cm³/mol. The number of aryl methyl sites for hydroxylation is 1. The van der Waals surface area contributed by atoms with Crippen LogP contribution in [0.1, 0.15) is 88.7 Å². The Labute approximate surface area is 355 Å². The minimum Gasteiger partial charge on any atom is -0.292 e. The van der Waals surface area contributed by atoms with E-state index < -0.39 is 0 Å². The van der Waals surface area contributed by atoms with Crippen LogP contribution in [-0.2, 0) is 12.8 Å². The van der Waals surface area contributed by atoms with E-state index in [1.807, 2.05) is 31.3 Å². The van der Waals surface area contributed by atoms with Gasteiger partial charge in [-0.25, -0.2) is 0 Å². The van der Waals surface area contributed by atoms with Crippen LogP contribution >= 0.6 is 0 Å². The number of rotatable bonds is 9. The Balaban J connectivity index is 0.000000194. The van der Waals surface area contributed by atoms with Crippen molar-refractivity contribution in [2.24, 2.45) is 4.99 Å². The summed E-state index contributed by atoms with van der Waals surface area (Å²) in [5.41, 5.74) is 19.5. The minimum atomic E-state index is 0.894. The highest BCUT2D eigenvalue weighted by Crippen LogP contribution is 2.32. The summed E-state index contributed by atoms with van der Waals surface area (Å²) >= 11 is 0. The van der Waals surface area contributed by atoms with Crippen molar-refractivity contribution in [3.05, 3.63) is 262 Å². The number of aliphatic imine (C=N–C) groups is 1. The zero-order valence-electron chi connectivity index (χ0n) is 35.5. The molecule has 1 heteroatoms. The number of hydrogen-bond donors (Lipinski definition) is 0. The van der Waals surface area contributed by atoms with Gasteiger partial charge in [-0.2, -0.15) is 0 Å². The molecule has 0 spiro atoms. The van der Waals surface area contributed by atoms with E-state index in [0.717, 1.165) is 24.8 Å². The zero-order chi connectivity index (χ0) is 41.8. The van der Waals surface area contributed by atoms with E-state index in [-0.39, 0.29) is 0 Å². The van der Waals surface area contributed by atoms with Gasteiger partial charge in [0.05, 0.1) is 0 Å². The molecule has 0 aliphatic heterocycles. The second-order valence-electron chi connectivity index (χ2n) is 14.7. The summed E-state index contributed by atoms with van der Waals surface area (Å²) in [6.07, 6.45) is 16.7. The molecule has 0 saturated carbocycles. The molecule has 0 radical (unpaired) electrons. The zero-order valence-corrected chi connectivity index (χ0v) is 35.5. The first-order valence-corrected chi connectivity index (χ1v) is 20.7. The molecule has 0 bridgehead atoms. The van der Waals surface area contributed by atoms with E-state index in [1.165, 1.54) is 90.9 Å². The first kappa shape index (κ1) is 43.6. The van der Waals surface area contributed by atoms with Gasteiger partial charge in [-0.05, 0) is 118 Å². The van der Waals surface area contributed by atoms with E-state index in [1.54, 1.807) is 0 Å². The molecule has 0 fully saturated rings. The summed E-state index contributed by atoms with van der Waals surface area (Å²) in [5.74, 6) is 0. The highest BCUT2D eigenvalue weighted by Gasteiger charge is 2.15. The first-order valence-electron chi connectivity index (χ1n) is 20.7. The van der Waals surface area contributed by atoms with E-state index in [9.17, 15) is 0 Å². The van der Waals surface area contributed by atoms with Crippen LogP contribution in [-0.4, -0.2) is 12.8 Å². The summed E-state index contributed by atoms with van der Waals surface area (Å²) in [5, 5.41) is 0. The van der Waals surface area contributed by atoms with E-state index in [4.69, 9.17) is 0 Å². The Bertz CT molecular complexity index is 2420. The fourth-order valence-electron chi connectivity index (χ4n) is 7.50. The molecule has 2 aliphatic carbocycles. The van der Waals surface area contributed by atoms with Crippen molar-refractivity contribution in [1.82, 2.24) is 0 Å². The number of nitrogens with zero attached hydrogens (tertiary/aromatic N) is 1. The van der Waals surface area contributed by atoms with Crippen LogP contribution in [0.3, 0.4) is 0 Å². The number of allylic oxidation sites excluding steroid dienone is 6. The predicted octanol–water partition coefficient (Wildman–Crippen LogP) is 15.4. The highest BCUT2D eigenvalue weighted by molar-refractivity contribution is 6.00. The Morgan fingerprint density at radius 2 is 1.29 bits per heavy atom. The van der Waals surface area contributed by atoms with Crippen LogP contribution in [0, 0.1) is 6.92 Å². The van der Waals surface area contributed by atoms with Crippen molar-refractivity contribution in [3.8, 4) is 0 Å². The van der Waals surface area contributed by atoms with Gasteiger partial charge in [0.1, 0.15) is 0 Å². The lowest BCUT2D eigenvalue weighted by atomic mass is 9.92. The van der Waals surface area contributed by atoms with Crippen molar-refractivity contribution in [2.75, 3.05) is 7.05 Å². The van der Waals surface area contributed by atoms with Gasteiger partial charge >= 0.3 is 0 Å². The van der Waals surface area contributed by atoms with E-state index in [2.05, 4.69) is 209 Å². The molecule has 0 aromatic heterocycles. The topological polar surface area (TPSA) is 12.4 Å². The molecule has 0 amide bonds. The minimum absolute atomic E-state index is 0.894. The lowest BCUT2D eigenvalue weighted by Crippen LogP contribution is -1.97. The summed E-state index contributed by atoms with van der Waals surface area (Å²) in [6, 6.07) is 55.4. The molecule has 1 nitrogen and oxygen atoms in total. The van der Waals surface area contributed by atoms with Gasteiger partial charge in [0.2, 0.25) is 0 Å². The molecule has 6 aromatic rings. The van der Waals surface area contributed by atoms with Crippen molar-refractivity contribution in [2.45, 2.75) is 52.9 Å². The lowest BCUT2D eigenvalue weighted by molar-refractivity contribution is 0.957. The third kappa shape index (κ3) is 12.7. The first-order chi connectivity index (χ1) is 28.9. The van der Waals surface area contributed by atoms with Crippen molar-refractivity contribution in [3.63, 3.8) is 0 Å². The molecule has 6 aromatic carbocycles. The van der Waals surface area contributed by atoms with Gasteiger partial charge in [-0.1, -0.05) is 207 Å². The maximum absolute atomic E-state index is 4.37. The van der Waals surface area contributed by atoms with Crippen LogP contribution in [0.2, 0.25) is 0 Å². The summed E-state index contributed by atoms with van der Waals surface area (Å²) in [6.45, 7) is 16.8. The van der Waals surface area contributed by atoms with Gasteiger partial charge in [0.25, 0.3) is 0 Å². The molecular weight excluding hydrogens is 711 g/mol. The third-order valence-corrected chi connectivity index (χ3v) is 10.6. The lowest BCUT2D eigenvalue weighted by Gasteiger charge is -2.13. The van der Waals surface area contributed by atoms with Gasteiger partial charge in [0.15, 0.2) is 0 Å². The summed E-state index contributed by atoms with van der Waals surface area (Å²) in [4.78, 5) is 4.19. The normalized spacial score (nSPS) is 12.9. The molecule has 0 saturated heterocycles. The fourth-order valence-corrected chi connectivity index (χ4v) is 7.50. The molecule has 0 N–H and O–H groups in total. The Morgan fingerprint density at radius 3 is 1.92 bits per heavy atom. The van der Waals surface area contributed by atoms with Crippen molar-refractivity contribution < 1.29 is 0 Å². The molecule has 59 heavy (non-hydrogen) atoms. The SMILES string of the molecule is C1=CCCC(C2=Cc3ccccc3C2)=C1.C=C.C=C(c1ccccc1)c1cc(C)cc(Cc2ccccc2/C=C(\C)c2ccccc2)c1.CCC(=NC)c1ccccc1. The Hall–Kier alpha value is -6.57. The van der Waals surface area contributed by atoms with Gasteiger partial charge in [-0.15, -0.1) is 13.2 Å². The Morgan fingerprint density at radius 1 is 0.678 bits per heavy atom. The Kier molecular flexibility index (Phi) is 17.0. The number of fused-ring (bicyclic) bond motifs is 1. The standard InChI is InChI=1S/C31H28.C15H14.C10H13N.C2H4/c1-23-18-26(22-31(19-23)25(3)28-14-8-5-9-15-28)21-30-17-11-10-16-29(30)20-24(2)27-12-6-4-7-13-27;1-2-6-12(7-3-1)15-10-13-8-4-5-9-14(13)11-15;1-3-10(11-2)9-7-5-4-6-8-9;1-2/h4-20,22H,3,21H2,1-2H3;1-2,4-6,8-10H,3,7,11H2;4-8H,3H2,1-2H3;1-2H2/b24-20+;;;. The maximum atomic E-state index is 4.37. The molecular formula is C58H59N. The molecule has 296 valence electrons. The molecule has 8 rings (SSSR count). The summed E-state index contributed by atoms with van der Waals surface area (Å²) in [7, 11) is 1.84. The van der Waals surface area contributed by atoms with E-state index >= 15 is 0 Å². The smallest absolute Gasteiger partial charge is 0.0414 e. The fraction of sp³-hybridized carbons (Fsp3) is 0.155. The quantitative estimate of drug-likeness (QED) is 0.0789. The second kappa shape index (κ2) is 23.0. The van der Waals surface area contributed by atoms with Crippen LogP contribution in [0.15, 0.2) is 212 Å². The van der Waals surface area contributed by atoms with Crippen LogP contribution in [0.5, 0.6) is 0 Å². The maximum Gasteiger partial charge on any atom is 0.0414 e. The largest absolute Gasteiger partial charge is 0.292 e. The number of benzene rings is 6. The summed E-state index contributed by atoms with van der Waals surface area (Å²) < 4.78 is 0. The van der Waals surface area contributed by atoms with Gasteiger partial charge in [-0.3, -0.25) is 4.99 Å². The van der Waals surface area contributed by atoms with E-state index in [0.29, 0.717) is 0 Å². The third-order valence-electron chi connectivity index (χ3n) is 10.6. The highest BCUT2D eigenvalue weighted by atomic mass is 14.7. The molecule has 2 aliphatic rings. The molecule has 0 unspecified atom stereocenters. The van der Waals surface area contributed by atoms with Gasteiger partial charge < -0.3 is 0 Å². The second-order valence-corrected chi connectivity index (χ2v) is 14.7. The van der Waals surface area contributed by atoms with Crippen molar-refractivity contribution >= 4 is 29.0 Å².